The molecule has 132 valence electrons. The normalized spacial score (nSPS) is 12.8. The summed E-state index contributed by atoms with van der Waals surface area (Å²) in [5.41, 5.74) is 4.95. The van der Waals surface area contributed by atoms with Crippen LogP contribution in [0.1, 0.15) is 39.6 Å². The summed E-state index contributed by atoms with van der Waals surface area (Å²) in [5, 5.41) is 13.9. The van der Waals surface area contributed by atoms with Crippen molar-refractivity contribution >= 4 is 5.91 Å². The summed E-state index contributed by atoms with van der Waals surface area (Å²) in [7, 11) is 0. The topological polar surface area (TPSA) is 98.5 Å². The Bertz CT molecular complexity index is 919. The van der Waals surface area contributed by atoms with Gasteiger partial charge in [-0.1, -0.05) is 0 Å². The van der Waals surface area contributed by atoms with Gasteiger partial charge in [-0.05, 0) is 66.4 Å². The van der Waals surface area contributed by atoms with Gasteiger partial charge in [-0.2, -0.15) is 0 Å². The molecule has 0 saturated carbocycles. The fourth-order valence-electron chi connectivity index (χ4n) is 3.23. The van der Waals surface area contributed by atoms with Crippen LogP contribution in [0.25, 0.3) is 5.69 Å². The van der Waals surface area contributed by atoms with Gasteiger partial charge >= 0.3 is 0 Å². The fraction of sp³-hybridized carbons (Fsp3) is 0.333. The number of amides is 1. The van der Waals surface area contributed by atoms with Crippen molar-refractivity contribution in [2.24, 2.45) is 0 Å². The zero-order chi connectivity index (χ0) is 17.9. The molecule has 1 aliphatic carbocycles. The van der Waals surface area contributed by atoms with Gasteiger partial charge in [0.2, 0.25) is 0 Å². The largest absolute Gasteiger partial charge is 0.352 e. The third-order valence-corrected chi connectivity index (χ3v) is 4.56. The summed E-state index contributed by atoms with van der Waals surface area (Å²) < 4.78 is 1.54. The molecule has 2 heterocycles. The molecular weight excluding hydrogens is 330 g/mol. The van der Waals surface area contributed by atoms with E-state index in [0.29, 0.717) is 18.5 Å². The Morgan fingerprint density at radius 3 is 2.81 bits per heavy atom. The first-order chi connectivity index (χ1) is 12.7. The van der Waals surface area contributed by atoms with E-state index in [1.54, 1.807) is 24.3 Å². The van der Waals surface area contributed by atoms with Crippen LogP contribution in [-0.2, 0) is 19.3 Å². The van der Waals surface area contributed by atoms with Crippen molar-refractivity contribution in [2.45, 2.75) is 32.6 Å². The van der Waals surface area contributed by atoms with Crippen LogP contribution >= 0.6 is 0 Å². The second kappa shape index (κ2) is 6.99. The molecular formula is C18H19N7O. The Hall–Kier alpha value is -3.16. The lowest BCUT2D eigenvalue weighted by atomic mass is 10.2. The Morgan fingerprint density at radius 1 is 1.19 bits per heavy atom. The van der Waals surface area contributed by atoms with Gasteiger partial charge in [-0.15, -0.1) is 5.10 Å². The molecule has 2 aromatic heterocycles. The highest BCUT2D eigenvalue weighted by Gasteiger charge is 2.17. The average Bonchev–Trinajstić information content (AvgIpc) is 3.34. The number of nitrogens with zero attached hydrogens (tertiary/aromatic N) is 6. The van der Waals surface area contributed by atoms with Crippen molar-refractivity contribution in [2.75, 3.05) is 6.54 Å². The predicted octanol–water partition coefficient (Wildman–Crippen LogP) is 1.22. The summed E-state index contributed by atoms with van der Waals surface area (Å²) in [6, 6.07) is 7.11. The van der Waals surface area contributed by atoms with Crippen LogP contribution in [0.4, 0.5) is 0 Å². The van der Waals surface area contributed by atoms with Crippen molar-refractivity contribution in [1.29, 1.82) is 0 Å². The summed E-state index contributed by atoms with van der Waals surface area (Å²) >= 11 is 0. The summed E-state index contributed by atoms with van der Waals surface area (Å²) in [5.74, 6) is 0.684. The van der Waals surface area contributed by atoms with E-state index >= 15 is 0 Å². The molecule has 0 spiro atoms. The van der Waals surface area contributed by atoms with E-state index in [4.69, 9.17) is 0 Å². The average molecular weight is 349 g/mol. The number of tetrazole rings is 1. The minimum atomic E-state index is -0.119. The summed E-state index contributed by atoms with van der Waals surface area (Å²) in [4.78, 5) is 21.5. The third-order valence-electron chi connectivity index (χ3n) is 4.56. The van der Waals surface area contributed by atoms with Crippen molar-refractivity contribution in [3.63, 3.8) is 0 Å². The van der Waals surface area contributed by atoms with Crippen molar-refractivity contribution in [3.8, 4) is 5.69 Å². The Labute approximate surface area is 150 Å². The van der Waals surface area contributed by atoms with Gasteiger partial charge in [0.1, 0.15) is 12.2 Å². The summed E-state index contributed by atoms with van der Waals surface area (Å²) in [6.45, 7) is 2.55. The Balaban J connectivity index is 1.35. The number of hydrogen-bond acceptors (Lipinski definition) is 6. The molecule has 0 atom stereocenters. The van der Waals surface area contributed by atoms with Crippen molar-refractivity contribution in [3.05, 3.63) is 58.9 Å². The van der Waals surface area contributed by atoms with E-state index in [1.807, 2.05) is 6.92 Å². The lowest BCUT2D eigenvalue weighted by molar-refractivity contribution is 0.0954. The third kappa shape index (κ3) is 3.30. The lowest BCUT2D eigenvalue weighted by Crippen LogP contribution is -2.26. The maximum absolute atomic E-state index is 12.3. The number of aromatic nitrogens is 6. The molecule has 8 heteroatoms. The molecule has 4 rings (SSSR count). The van der Waals surface area contributed by atoms with E-state index in [1.165, 1.54) is 22.3 Å². The maximum atomic E-state index is 12.3. The van der Waals surface area contributed by atoms with Gasteiger partial charge in [0.15, 0.2) is 0 Å². The molecule has 1 amide bonds. The van der Waals surface area contributed by atoms with E-state index < -0.39 is 0 Å². The molecule has 0 aliphatic heterocycles. The first-order valence-corrected chi connectivity index (χ1v) is 8.67. The molecule has 0 radical (unpaired) electrons. The molecule has 0 unspecified atom stereocenters. The highest BCUT2D eigenvalue weighted by Crippen LogP contribution is 2.22. The minimum Gasteiger partial charge on any atom is -0.352 e. The molecule has 3 aromatic rings. The van der Waals surface area contributed by atoms with Crippen LogP contribution in [0.3, 0.4) is 0 Å². The summed E-state index contributed by atoms with van der Waals surface area (Å²) in [6.07, 6.45) is 5.41. The zero-order valence-electron chi connectivity index (χ0n) is 14.5. The van der Waals surface area contributed by atoms with E-state index in [-0.39, 0.29) is 5.91 Å². The molecule has 26 heavy (non-hydrogen) atoms. The highest BCUT2D eigenvalue weighted by atomic mass is 16.1. The molecule has 1 N–H and O–H groups in total. The highest BCUT2D eigenvalue weighted by molar-refractivity contribution is 5.94. The van der Waals surface area contributed by atoms with E-state index in [2.05, 4.69) is 30.8 Å². The van der Waals surface area contributed by atoms with Crippen molar-refractivity contribution < 1.29 is 4.79 Å². The van der Waals surface area contributed by atoms with Gasteiger partial charge in [0.25, 0.3) is 5.91 Å². The maximum Gasteiger partial charge on any atom is 0.251 e. The predicted molar refractivity (Wildman–Crippen MR) is 94.0 cm³/mol. The number of hydrogen-bond donors (Lipinski definition) is 1. The number of carbonyl (C=O) groups excluding carboxylic acids is 1. The standard InChI is InChI=1S/C18H19N7O/c1-12-15-3-2-4-16(15)22-17(21-12)9-10-19-18(26)13-5-7-14(8-6-13)25-11-20-23-24-25/h5-8,11H,2-4,9-10H2,1H3,(H,19,26). The molecule has 1 aromatic carbocycles. The second-order valence-corrected chi connectivity index (χ2v) is 6.31. The van der Waals surface area contributed by atoms with Crippen LogP contribution in [0.2, 0.25) is 0 Å². The van der Waals surface area contributed by atoms with Gasteiger partial charge < -0.3 is 5.32 Å². The minimum absolute atomic E-state index is 0.119. The SMILES string of the molecule is Cc1nc(CCNC(=O)c2ccc(-n3cnnn3)cc2)nc2c1CCC2. The van der Waals surface area contributed by atoms with Gasteiger partial charge in [-0.3, -0.25) is 4.79 Å². The quantitative estimate of drug-likeness (QED) is 0.744. The fourth-order valence-corrected chi connectivity index (χ4v) is 3.23. The van der Waals surface area contributed by atoms with Crippen molar-refractivity contribution in [1.82, 2.24) is 35.5 Å². The first kappa shape index (κ1) is 16.3. The molecule has 0 fully saturated rings. The molecule has 1 aliphatic rings. The number of rotatable bonds is 5. The number of carbonyl (C=O) groups is 1. The van der Waals surface area contributed by atoms with Crippen LogP contribution in [0.5, 0.6) is 0 Å². The van der Waals surface area contributed by atoms with Crippen LogP contribution in [-0.4, -0.2) is 42.6 Å². The van der Waals surface area contributed by atoms with Gasteiger partial charge in [0.05, 0.1) is 5.69 Å². The second-order valence-electron chi connectivity index (χ2n) is 6.31. The molecule has 0 bridgehead atoms. The van der Waals surface area contributed by atoms with Gasteiger partial charge in [0, 0.05) is 29.9 Å². The Kier molecular flexibility index (Phi) is 4.39. The number of aryl methyl sites for hydroxylation is 2. The monoisotopic (exact) mass is 349 g/mol. The lowest BCUT2D eigenvalue weighted by Gasteiger charge is -2.08. The first-order valence-electron chi connectivity index (χ1n) is 8.67. The van der Waals surface area contributed by atoms with Crippen LogP contribution < -0.4 is 5.32 Å². The van der Waals surface area contributed by atoms with E-state index in [0.717, 1.165) is 36.5 Å². The zero-order valence-corrected chi connectivity index (χ0v) is 14.5. The van der Waals surface area contributed by atoms with E-state index in [9.17, 15) is 4.79 Å². The number of fused-ring (bicyclic) bond motifs is 1. The number of nitrogens with one attached hydrogen (secondary N) is 1. The molecule has 0 saturated heterocycles. The van der Waals surface area contributed by atoms with Crippen LogP contribution in [0.15, 0.2) is 30.6 Å². The van der Waals surface area contributed by atoms with Gasteiger partial charge in [-0.25, -0.2) is 14.6 Å². The van der Waals surface area contributed by atoms with Crippen LogP contribution in [0, 0.1) is 6.92 Å². The smallest absolute Gasteiger partial charge is 0.251 e. The molecule has 8 nitrogen and oxygen atoms in total. The Morgan fingerprint density at radius 2 is 2.04 bits per heavy atom. The number of benzene rings is 1.